The van der Waals surface area contributed by atoms with Crippen molar-refractivity contribution in [2.45, 2.75) is 26.3 Å². The van der Waals surface area contributed by atoms with Crippen LogP contribution in [-0.4, -0.2) is 28.2 Å². The van der Waals surface area contributed by atoms with E-state index in [9.17, 15) is 9.59 Å². The van der Waals surface area contributed by atoms with Crippen LogP contribution >= 0.6 is 0 Å². The zero-order valence-electron chi connectivity index (χ0n) is 16.4. The van der Waals surface area contributed by atoms with Crippen molar-refractivity contribution in [3.05, 3.63) is 94.8 Å². The van der Waals surface area contributed by atoms with Crippen molar-refractivity contribution in [3.8, 4) is 0 Å². The van der Waals surface area contributed by atoms with E-state index in [0.29, 0.717) is 24.3 Å². The fourth-order valence-corrected chi connectivity index (χ4v) is 3.55. The molecule has 5 heteroatoms. The first-order valence-electron chi connectivity index (χ1n) is 9.86. The largest absolute Gasteiger partial charge is 0.333 e. The summed E-state index contributed by atoms with van der Waals surface area (Å²) in [6, 6.07) is 19.1. The number of pyridine rings is 1. The van der Waals surface area contributed by atoms with E-state index in [4.69, 9.17) is 0 Å². The molecule has 146 valence electrons. The van der Waals surface area contributed by atoms with Gasteiger partial charge in [0, 0.05) is 30.5 Å². The van der Waals surface area contributed by atoms with Gasteiger partial charge >= 0.3 is 0 Å². The van der Waals surface area contributed by atoms with Gasteiger partial charge in [-0.15, -0.1) is 0 Å². The molecule has 2 amide bonds. The van der Waals surface area contributed by atoms with E-state index in [-0.39, 0.29) is 11.8 Å². The number of nitrogens with one attached hydrogen (secondary N) is 1. The summed E-state index contributed by atoms with van der Waals surface area (Å²) in [5.74, 6) is -0.406. The Kier molecular flexibility index (Phi) is 5.38. The van der Waals surface area contributed by atoms with E-state index in [2.05, 4.69) is 29.4 Å². The average molecular weight is 385 g/mol. The number of amides is 2. The normalized spacial score (nSPS) is 12.9. The van der Waals surface area contributed by atoms with Crippen LogP contribution in [0.5, 0.6) is 0 Å². The molecule has 1 aromatic heterocycles. The van der Waals surface area contributed by atoms with Crippen molar-refractivity contribution in [2.24, 2.45) is 0 Å². The number of rotatable bonds is 4. The highest BCUT2D eigenvalue weighted by Crippen LogP contribution is 2.20. The standard InChI is InChI=1S/C24H23N3O2/c1-2-17-7-9-21(10-8-17)26-23(28)19-11-13-25-22(15-19)24(29)27-14-12-18-5-3-4-6-20(18)16-27/h3-11,13,15H,2,12,14,16H2,1H3,(H,26,28). The molecule has 0 radical (unpaired) electrons. The summed E-state index contributed by atoms with van der Waals surface area (Å²) in [5, 5.41) is 2.88. The number of carbonyl (C=O) groups excluding carboxylic acids is 2. The van der Waals surface area contributed by atoms with Gasteiger partial charge < -0.3 is 10.2 Å². The number of fused-ring (bicyclic) bond motifs is 1. The lowest BCUT2D eigenvalue weighted by atomic mass is 9.99. The Labute approximate surface area is 170 Å². The van der Waals surface area contributed by atoms with Crippen LogP contribution in [-0.2, 0) is 19.4 Å². The average Bonchev–Trinajstić information content (AvgIpc) is 2.79. The summed E-state index contributed by atoms with van der Waals surface area (Å²) in [4.78, 5) is 31.6. The first-order chi connectivity index (χ1) is 14.1. The molecule has 3 aromatic rings. The monoisotopic (exact) mass is 385 g/mol. The summed E-state index contributed by atoms with van der Waals surface area (Å²) in [5.41, 5.74) is 5.09. The molecule has 1 aliphatic heterocycles. The van der Waals surface area contributed by atoms with Crippen molar-refractivity contribution < 1.29 is 9.59 Å². The number of nitrogens with zero attached hydrogens (tertiary/aromatic N) is 2. The molecular weight excluding hydrogens is 362 g/mol. The lowest BCUT2D eigenvalue weighted by Gasteiger charge is -2.28. The maximum Gasteiger partial charge on any atom is 0.272 e. The molecule has 0 atom stereocenters. The van der Waals surface area contributed by atoms with Crippen LogP contribution < -0.4 is 5.32 Å². The fourth-order valence-electron chi connectivity index (χ4n) is 3.55. The molecule has 0 bridgehead atoms. The predicted octanol–water partition coefficient (Wildman–Crippen LogP) is 4.09. The third kappa shape index (κ3) is 4.19. The summed E-state index contributed by atoms with van der Waals surface area (Å²) in [7, 11) is 0. The third-order valence-corrected chi connectivity index (χ3v) is 5.28. The minimum atomic E-state index is -0.255. The maximum atomic E-state index is 12.9. The smallest absolute Gasteiger partial charge is 0.272 e. The lowest BCUT2D eigenvalue weighted by molar-refractivity contribution is 0.0728. The minimum absolute atomic E-state index is 0.151. The van der Waals surface area contributed by atoms with Gasteiger partial charge in [-0.2, -0.15) is 0 Å². The zero-order chi connectivity index (χ0) is 20.2. The van der Waals surface area contributed by atoms with Crippen molar-refractivity contribution >= 4 is 17.5 Å². The first kappa shape index (κ1) is 18.9. The highest BCUT2D eigenvalue weighted by molar-refractivity contribution is 6.05. The molecule has 4 rings (SSSR count). The quantitative estimate of drug-likeness (QED) is 0.736. The van der Waals surface area contributed by atoms with E-state index >= 15 is 0 Å². The van der Waals surface area contributed by atoms with Gasteiger partial charge in [-0.25, -0.2) is 0 Å². The molecule has 1 aliphatic rings. The molecule has 2 heterocycles. The maximum absolute atomic E-state index is 12.9. The summed E-state index contributed by atoms with van der Waals surface area (Å²) in [6.45, 7) is 3.30. The number of benzene rings is 2. The van der Waals surface area contributed by atoms with Gasteiger partial charge in [0.05, 0.1) is 0 Å². The molecule has 2 aromatic carbocycles. The van der Waals surface area contributed by atoms with Crippen LogP contribution in [0.1, 0.15) is 44.5 Å². The van der Waals surface area contributed by atoms with E-state index in [1.807, 2.05) is 36.4 Å². The number of aromatic nitrogens is 1. The second-order valence-corrected chi connectivity index (χ2v) is 7.18. The van der Waals surface area contributed by atoms with Gasteiger partial charge in [-0.1, -0.05) is 43.3 Å². The second-order valence-electron chi connectivity index (χ2n) is 7.18. The molecule has 0 spiro atoms. The highest BCUT2D eigenvalue weighted by Gasteiger charge is 2.23. The molecule has 1 N–H and O–H groups in total. The summed E-state index contributed by atoms with van der Waals surface area (Å²) in [6.07, 6.45) is 3.29. The second kappa shape index (κ2) is 8.27. The summed E-state index contributed by atoms with van der Waals surface area (Å²) >= 11 is 0. The van der Waals surface area contributed by atoms with Crippen LogP contribution in [0.2, 0.25) is 0 Å². The first-order valence-corrected chi connectivity index (χ1v) is 9.86. The molecule has 29 heavy (non-hydrogen) atoms. The van der Waals surface area contributed by atoms with Gasteiger partial charge in [0.2, 0.25) is 0 Å². The Hall–Kier alpha value is -3.47. The molecule has 0 saturated heterocycles. The number of aryl methyl sites for hydroxylation is 1. The van der Waals surface area contributed by atoms with E-state index in [0.717, 1.165) is 24.1 Å². The number of hydrogen-bond acceptors (Lipinski definition) is 3. The molecular formula is C24H23N3O2. The van der Waals surface area contributed by atoms with Crippen LogP contribution in [0.4, 0.5) is 5.69 Å². The minimum Gasteiger partial charge on any atom is -0.333 e. The topological polar surface area (TPSA) is 62.3 Å². The SMILES string of the molecule is CCc1ccc(NC(=O)c2ccnc(C(=O)N3CCc4ccccc4C3)c2)cc1. The van der Waals surface area contributed by atoms with Crippen molar-refractivity contribution in [1.82, 2.24) is 9.88 Å². The van der Waals surface area contributed by atoms with Crippen LogP contribution in [0.15, 0.2) is 66.9 Å². The van der Waals surface area contributed by atoms with Crippen LogP contribution in [0.25, 0.3) is 0 Å². The molecule has 0 saturated carbocycles. The van der Waals surface area contributed by atoms with Crippen molar-refractivity contribution in [2.75, 3.05) is 11.9 Å². The van der Waals surface area contributed by atoms with Gasteiger partial charge in [0.25, 0.3) is 11.8 Å². The Morgan fingerprint density at radius 3 is 2.55 bits per heavy atom. The Morgan fingerprint density at radius 2 is 1.79 bits per heavy atom. The highest BCUT2D eigenvalue weighted by atomic mass is 16.2. The van der Waals surface area contributed by atoms with Gasteiger partial charge in [0.15, 0.2) is 0 Å². The van der Waals surface area contributed by atoms with E-state index < -0.39 is 0 Å². The molecule has 5 nitrogen and oxygen atoms in total. The third-order valence-electron chi connectivity index (χ3n) is 5.28. The molecule has 0 unspecified atom stereocenters. The zero-order valence-corrected chi connectivity index (χ0v) is 16.4. The van der Waals surface area contributed by atoms with E-state index in [1.165, 1.54) is 17.3 Å². The molecule has 0 fully saturated rings. The summed E-state index contributed by atoms with van der Waals surface area (Å²) < 4.78 is 0. The van der Waals surface area contributed by atoms with Crippen molar-refractivity contribution in [1.29, 1.82) is 0 Å². The van der Waals surface area contributed by atoms with Crippen LogP contribution in [0.3, 0.4) is 0 Å². The fraction of sp³-hybridized carbons (Fsp3) is 0.208. The number of hydrogen-bond donors (Lipinski definition) is 1. The number of anilines is 1. The Morgan fingerprint density at radius 1 is 1.03 bits per heavy atom. The van der Waals surface area contributed by atoms with Gasteiger partial charge in [-0.05, 0) is 53.8 Å². The molecule has 0 aliphatic carbocycles. The van der Waals surface area contributed by atoms with Gasteiger partial charge in [-0.3, -0.25) is 14.6 Å². The Balaban J connectivity index is 1.48. The predicted molar refractivity (Wildman–Crippen MR) is 113 cm³/mol. The Bertz CT molecular complexity index is 1040. The number of carbonyl (C=O) groups is 2. The van der Waals surface area contributed by atoms with Crippen LogP contribution in [0, 0.1) is 0 Å². The van der Waals surface area contributed by atoms with Crippen molar-refractivity contribution in [3.63, 3.8) is 0 Å². The lowest BCUT2D eigenvalue weighted by Crippen LogP contribution is -2.36. The van der Waals surface area contributed by atoms with Gasteiger partial charge in [0.1, 0.15) is 5.69 Å². The van der Waals surface area contributed by atoms with E-state index in [1.54, 1.807) is 17.0 Å².